The molecule has 0 radical (unpaired) electrons. The lowest BCUT2D eigenvalue weighted by Crippen LogP contribution is -2.52. The van der Waals surface area contributed by atoms with E-state index in [4.69, 9.17) is 4.74 Å². The number of rotatable bonds is 13. The molecule has 3 heterocycles. The number of hydrogen-bond donors (Lipinski definition) is 3. The van der Waals surface area contributed by atoms with Crippen molar-refractivity contribution in [3.8, 4) is 5.75 Å². The number of hydrogen-bond acceptors (Lipinski definition) is 7. The Bertz CT molecular complexity index is 1140. The zero-order valence-electron chi connectivity index (χ0n) is 22.6. The highest BCUT2D eigenvalue weighted by Gasteiger charge is 2.40. The largest absolute Gasteiger partial charge is 0.488 e. The van der Waals surface area contributed by atoms with E-state index in [1.54, 1.807) is 4.90 Å². The average molecular weight is 553 g/mol. The maximum absolute atomic E-state index is 12.9. The number of ether oxygens (including phenoxy) is 1. The number of unbranched alkanes of at least 4 members (excludes halogenated alkanes) is 2. The van der Waals surface area contributed by atoms with Gasteiger partial charge in [-0.25, -0.2) is 0 Å². The van der Waals surface area contributed by atoms with Gasteiger partial charge in [-0.2, -0.15) is 0 Å². The Hall–Kier alpha value is -2.75. The summed E-state index contributed by atoms with van der Waals surface area (Å²) in [6.07, 6.45) is 11.2. The number of piperidine rings is 1. The number of carbonyl (C=O) groups is 3. The molecule has 2 fully saturated rings. The molecule has 1 aliphatic carbocycles. The SMILES string of the molecule is O=C1CCC(N2Cc3c(csc3COc3ccc(CNCCCCCNC4CCCCC4)cc3)C2=O)C(=O)N1. The Balaban J connectivity index is 0.994. The van der Waals surface area contributed by atoms with Crippen molar-refractivity contribution in [2.45, 2.75) is 96.0 Å². The van der Waals surface area contributed by atoms with Crippen molar-refractivity contribution >= 4 is 29.1 Å². The predicted molar refractivity (Wildman–Crippen MR) is 152 cm³/mol. The first kappa shape index (κ1) is 27.8. The maximum Gasteiger partial charge on any atom is 0.256 e. The molecule has 9 heteroatoms. The Morgan fingerprint density at radius 2 is 1.77 bits per heavy atom. The third-order valence-electron chi connectivity index (χ3n) is 8.08. The Morgan fingerprint density at radius 3 is 2.56 bits per heavy atom. The summed E-state index contributed by atoms with van der Waals surface area (Å²) < 4.78 is 6.04. The number of nitrogens with zero attached hydrogens (tertiary/aromatic N) is 1. The molecule has 210 valence electrons. The first-order valence-corrected chi connectivity index (χ1v) is 15.4. The minimum Gasteiger partial charge on any atom is -0.488 e. The molecular formula is C30H40N4O4S. The molecular weight excluding hydrogens is 512 g/mol. The molecule has 1 aromatic heterocycles. The second kappa shape index (κ2) is 13.5. The van der Waals surface area contributed by atoms with Crippen LogP contribution in [0.4, 0.5) is 0 Å². The highest BCUT2D eigenvalue weighted by Crippen LogP contribution is 2.34. The molecule has 8 nitrogen and oxygen atoms in total. The topological polar surface area (TPSA) is 99.8 Å². The molecule has 1 aromatic carbocycles. The lowest BCUT2D eigenvalue weighted by atomic mass is 9.95. The van der Waals surface area contributed by atoms with Gasteiger partial charge in [0.2, 0.25) is 11.8 Å². The van der Waals surface area contributed by atoms with E-state index in [1.807, 2.05) is 17.5 Å². The molecule has 3 N–H and O–H groups in total. The second-order valence-electron chi connectivity index (χ2n) is 10.9. The summed E-state index contributed by atoms with van der Waals surface area (Å²) in [6.45, 7) is 3.78. The molecule has 39 heavy (non-hydrogen) atoms. The summed E-state index contributed by atoms with van der Waals surface area (Å²) in [6, 6.07) is 8.32. The summed E-state index contributed by atoms with van der Waals surface area (Å²) in [5.74, 6) is -0.0170. The van der Waals surface area contributed by atoms with Crippen LogP contribution in [0.25, 0.3) is 0 Å². The van der Waals surface area contributed by atoms with Gasteiger partial charge in [-0.15, -0.1) is 11.3 Å². The monoisotopic (exact) mass is 552 g/mol. The Morgan fingerprint density at radius 1 is 0.974 bits per heavy atom. The van der Waals surface area contributed by atoms with Gasteiger partial charge in [0.05, 0.1) is 5.56 Å². The highest BCUT2D eigenvalue weighted by atomic mass is 32.1. The van der Waals surface area contributed by atoms with E-state index < -0.39 is 6.04 Å². The predicted octanol–water partition coefficient (Wildman–Crippen LogP) is 4.27. The van der Waals surface area contributed by atoms with Gasteiger partial charge in [0.1, 0.15) is 18.4 Å². The van der Waals surface area contributed by atoms with Crippen molar-refractivity contribution in [3.63, 3.8) is 0 Å². The molecule has 2 aromatic rings. The molecule has 1 unspecified atom stereocenters. The number of amides is 3. The third kappa shape index (κ3) is 7.26. The number of thiophene rings is 1. The summed E-state index contributed by atoms with van der Waals surface area (Å²) >= 11 is 1.51. The van der Waals surface area contributed by atoms with Crippen molar-refractivity contribution in [1.82, 2.24) is 20.9 Å². The van der Waals surface area contributed by atoms with Crippen LogP contribution in [-0.4, -0.2) is 47.8 Å². The normalized spacial score (nSPS) is 19.8. The van der Waals surface area contributed by atoms with E-state index in [-0.39, 0.29) is 24.1 Å². The van der Waals surface area contributed by atoms with Crippen LogP contribution in [0.5, 0.6) is 5.75 Å². The Kier molecular flexibility index (Phi) is 9.66. The maximum atomic E-state index is 12.9. The van der Waals surface area contributed by atoms with Crippen LogP contribution in [0.3, 0.4) is 0 Å². The summed E-state index contributed by atoms with van der Waals surface area (Å²) in [5.41, 5.74) is 2.80. The van der Waals surface area contributed by atoms with E-state index >= 15 is 0 Å². The molecule has 1 saturated carbocycles. The van der Waals surface area contributed by atoms with E-state index in [9.17, 15) is 14.4 Å². The number of nitrogens with one attached hydrogen (secondary N) is 3. The molecule has 2 aliphatic heterocycles. The van der Waals surface area contributed by atoms with Crippen LogP contribution < -0.4 is 20.7 Å². The van der Waals surface area contributed by atoms with Crippen LogP contribution in [0.1, 0.15) is 90.6 Å². The molecule has 3 amide bonds. The molecule has 0 bridgehead atoms. The standard InChI is InChI=1S/C30H40N4O4S/c35-28-14-13-26(29(36)33-28)34-18-24-25(30(34)37)20-39-27(24)19-38-23-11-9-21(10-12-23)17-31-15-5-2-6-16-32-22-7-3-1-4-8-22/h9-12,20,22,26,31-32H,1-8,13-19H2,(H,33,35,36). The van der Waals surface area contributed by atoms with E-state index in [0.717, 1.165) is 41.9 Å². The molecule has 1 atom stereocenters. The summed E-state index contributed by atoms with van der Waals surface area (Å²) in [7, 11) is 0. The molecule has 5 rings (SSSR count). The zero-order valence-corrected chi connectivity index (χ0v) is 23.5. The van der Waals surface area contributed by atoms with Crippen molar-refractivity contribution in [2.24, 2.45) is 0 Å². The Labute approximate surface area is 234 Å². The summed E-state index contributed by atoms with van der Waals surface area (Å²) in [5, 5.41) is 11.5. The first-order chi connectivity index (χ1) is 19.1. The number of benzene rings is 1. The van der Waals surface area contributed by atoms with Crippen LogP contribution in [-0.2, 0) is 29.3 Å². The van der Waals surface area contributed by atoms with Crippen molar-refractivity contribution in [1.29, 1.82) is 0 Å². The first-order valence-electron chi connectivity index (χ1n) is 14.5. The van der Waals surface area contributed by atoms with Crippen LogP contribution in [0, 0.1) is 0 Å². The van der Waals surface area contributed by atoms with E-state index in [0.29, 0.717) is 25.1 Å². The highest BCUT2D eigenvalue weighted by molar-refractivity contribution is 7.10. The minimum atomic E-state index is -0.592. The van der Waals surface area contributed by atoms with Crippen molar-refractivity contribution in [2.75, 3.05) is 13.1 Å². The van der Waals surface area contributed by atoms with E-state index in [2.05, 4.69) is 28.1 Å². The van der Waals surface area contributed by atoms with Gasteiger partial charge in [0, 0.05) is 41.4 Å². The number of imide groups is 1. The lowest BCUT2D eigenvalue weighted by Gasteiger charge is -2.29. The minimum absolute atomic E-state index is 0.144. The number of fused-ring (bicyclic) bond motifs is 1. The fraction of sp³-hybridized carbons (Fsp3) is 0.567. The molecule has 3 aliphatic rings. The van der Waals surface area contributed by atoms with Gasteiger partial charge in [-0.3, -0.25) is 19.7 Å². The van der Waals surface area contributed by atoms with Crippen LogP contribution in [0.15, 0.2) is 29.6 Å². The average Bonchev–Trinajstić information content (AvgIpc) is 3.50. The van der Waals surface area contributed by atoms with Gasteiger partial charge < -0.3 is 20.3 Å². The third-order valence-corrected chi connectivity index (χ3v) is 9.08. The molecule has 0 spiro atoms. The van der Waals surface area contributed by atoms with Crippen molar-refractivity contribution in [3.05, 3.63) is 51.2 Å². The fourth-order valence-corrected chi connectivity index (χ4v) is 6.72. The van der Waals surface area contributed by atoms with Gasteiger partial charge in [-0.1, -0.05) is 37.8 Å². The van der Waals surface area contributed by atoms with Gasteiger partial charge in [0.15, 0.2) is 0 Å². The van der Waals surface area contributed by atoms with E-state index in [1.165, 1.54) is 68.3 Å². The van der Waals surface area contributed by atoms with Crippen LogP contribution >= 0.6 is 11.3 Å². The van der Waals surface area contributed by atoms with Gasteiger partial charge >= 0.3 is 0 Å². The van der Waals surface area contributed by atoms with Crippen molar-refractivity contribution < 1.29 is 19.1 Å². The zero-order chi connectivity index (χ0) is 27.0. The second-order valence-corrected chi connectivity index (χ2v) is 11.9. The van der Waals surface area contributed by atoms with Gasteiger partial charge in [-0.05, 0) is 62.9 Å². The lowest BCUT2D eigenvalue weighted by molar-refractivity contribution is -0.136. The van der Waals surface area contributed by atoms with Gasteiger partial charge in [0.25, 0.3) is 5.91 Å². The summed E-state index contributed by atoms with van der Waals surface area (Å²) in [4.78, 5) is 39.2. The van der Waals surface area contributed by atoms with Crippen LogP contribution in [0.2, 0.25) is 0 Å². The fourth-order valence-electron chi connectivity index (χ4n) is 5.77. The quantitative estimate of drug-likeness (QED) is 0.254. The number of carbonyl (C=O) groups excluding carboxylic acids is 3. The molecule has 1 saturated heterocycles. The smallest absolute Gasteiger partial charge is 0.256 e.